The third-order valence-corrected chi connectivity index (χ3v) is 4.85. The molecule has 2 aromatic rings. The molecular weight excluding hydrogens is 328 g/mol. The number of ketones is 1. The summed E-state index contributed by atoms with van der Waals surface area (Å²) in [5.41, 5.74) is 8.78. The lowest BCUT2D eigenvalue weighted by Crippen LogP contribution is -2.27. The average Bonchev–Trinajstić information content (AvgIpc) is 3.11. The minimum Gasteiger partial charge on any atom is -0.460 e. The number of benzene rings is 1. The van der Waals surface area contributed by atoms with Crippen LogP contribution in [0.3, 0.4) is 0 Å². The van der Waals surface area contributed by atoms with Crippen LogP contribution in [0.25, 0.3) is 11.3 Å². The van der Waals surface area contributed by atoms with Crippen LogP contribution in [0.15, 0.2) is 63.6 Å². The molecule has 130 valence electrons. The molecular formula is C21H18N2O3. The molecule has 0 unspecified atom stereocenters. The standard InChI is InChI=1S/C21H18N2O3/c1-12-5-7-13(8-6-12)16-9-10-18(25-16)19-14(11-22)21(23)26-17-4-2-3-15(24)20(17)19/h5-10,19H,2-4,23H2,1H3/t19-/m0/s1. The first kappa shape index (κ1) is 16.2. The van der Waals surface area contributed by atoms with E-state index in [1.54, 1.807) is 0 Å². The van der Waals surface area contributed by atoms with Gasteiger partial charge in [-0.3, -0.25) is 4.79 Å². The number of ether oxygens (including phenoxy) is 1. The van der Waals surface area contributed by atoms with Crippen LogP contribution in [0.1, 0.15) is 36.5 Å². The van der Waals surface area contributed by atoms with E-state index in [1.807, 2.05) is 43.3 Å². The minimum absolute atomic E-state index is 0.00946. The van der Waals surface area contributed by atoms with E-state index in [1.165, 1.54) is 0 Å². The van der Waals surface area contributed by atoms with Crippen molar-refractivity contribution >= 4 is 5.78 Å². The summed E-state index contributed by atoms with van der Waals surface area (Å²) in [5, 5.41) is 9.58. The molecule has 1 atom stereocenters. The zero-order valence-corrected chi connectivity index (χ0v) is 14.4. The normalized spacial score (nSPS) is 19.8. The van der Waals surface area contributed by atoms with Gasteiger partial charge in [0.1, 0.15) is 28.9 Å². The number of aryl methyl sites for hydroxylation is 1. The van der Waals surface area contributed by atoms with Gasteiger partial charge < -0.3 is 14.9 Å². The van der Waals surface area contributed by atoms with Crippen LogP contribution in [0.2, 0.25) is 0 Å². The predicted molar refractivity (Wildman–Crippen MR) is 95.4 cm³/mol. The molecule has 0 radical (unpaired) electrons. The smallest absolute Gasteiger partial charge is 0.205 e. The Bertz CT molecular complexity index is 987. The molecule has 0 saturated heterocycles. The van der Waals surface area contributed by atoms with Crippen LogP contribution in [-0.4, -0.2) is 5.78 Å². The molecule has 2 aliphatic rings. The van der Waals surface area contributed by atoms with Gasteiger partial charge in [0.15, 0.2) is 5.78 Å². The Morgan fingerprint density at radius 2 is 1.92 bits per heavy atom. The molecule has 1 aliphatic heterocycles. The highest BCUT2D eigenvalue weighted by atomic mass is 16.5. The largest absolute Gasteiger partial charge is 0.460 e. The van der Waals surface area contributed by atoms with Gasteiger partial charge in [0.25, 0.3) is 0 Å². The molecule has 1 aromatic heterocycles. The highest BCUT2D eigenvalue weighted by Gasteiger charge is 2.39. The predicted octanol–water partition coefficient (Wildman–Crippen LogP) is 4.07. The summed E-state index contributed by atoms with van der Waals surface area (Å²) in [4.78, 5) is 12.5. The SMILES string of the molecule is Cc1ccc(-c2ccc([C@@H]3C(C#N)=C(N)OC4=C3C(=O)CCC4)o2)cc1. The number of Topliss-reactive ketones (excluding diaryl/α,β-unsaturated/α-hetero) is 1. The molecule has 0 amide bonds. The Hall–Kier alpha value is -3.26. The summed E-state index contributed by atoms with van der Waals surface area (Å²) in [5.74, 6) is 1.23. The number of hydrogen-bond acceptors (Lipinski definition) is 5. The van der Waals surface area contributed by atoms with Crippen molar-refractivity contribution in [3.63, 3.8) is 0 Å². The first-order valence-electron chi connectivity index (χ1n) is 8.59. The fourth-order valence-corrected chi connectivity index (χ4v) is 3.52. The summed E-state index contributed by atoms with van der Waals surface area (Å²) < 4.78 is 11.6. The van der Waals surface area contributed by atoms with E-state index in [4.69, 9.17) is 14.9 Å². The maximum absolute atomic E-state index is 12.5. The number of rotatable bonds is 2. The Balaban J connectivity index is 1.80. The number of carbonyl (C=O) groups excluding carboxylic acids is 1. The molecule has 26 heavy (non-hydrogen) atoms. The second-order valence-electron chi connectivity index (χ2n) is 6.61. The maximum atomic E-state index is 12.5. The van der Waals surface area contributed by atoms with E-state index in [0.29, 0.717) is 35.7 Å². The van der Waals surface area contributed by atoms with Crippen LogP contribution in [-0.2, 0) is 9.53 Å². The molecule has 5 heteroatoms. The second-order valence-corrected chi connectivity index (χ2v) is 6.61. The lowest BCUT2D eigenvalue weighted by Gasteiger charge is -2.29. The Morgan fingerprint density at radius 1 is 1.15 bits per heavy atom. The Kier molecular flexibility index (Phi) is 3.89. The molecule has 2 N–H and O–H groups in total. The van der Waals surface area contributed by atoms with Gasteiger partial charge in [-0.05, 0) is 25.5 Å². The van der Waals surface area contributed by atoms with Gasteiger partial charge in [-0.1, -0.05) is 29.8 Å². The number of nitrogens with two attached hydrogens (primary N) is 1. The van der Waals surface area contributed by atoms with Crippen LogP contribution >= 0.6 is 0 Å². The van der Waals surface area contributed by atoms with Crippen molar-refractivity contribution in [3.05, 3.63) is 70.5 Å². The summed E-state index contributed by atoms with van der Waals surface area (Å²) in [7, 11) is 0. The summed E-state index contributed by atoms with van der Waals surface area (Å²) in [6.45, 7) is 2.02. The van der Waals surface area contributed by atoms with Crippen LogP contribution in [0.4, 0.5) is 0 Å². The fourth-order valence-electron chi connectivity index (χ4n) is 3.52. The van der Waals surface area contributed by atoms with Crippen molar-refractivity contribution in [2.24, 2.45) is 5.73 Å². The van der Waals surface area contributed by atoms with E-state index in [2.05, 4.69) is 6.07 Å². The Labute approximate surface area is 151 Å². The zero-order valence-electron chi connectivity index (χ0n) is 14.4. The zero-order chi connectivity index (χ0) is 18.3. The first-order valence-corrected chi connectivity index (χ1v) is 8.59. The lowest BCUT2D eigenvalue weighted by molar-refractivity contribution is -0.116. The van der Waals surface area contributed by atoms with Gasteiger partial charge in [-0.25, -0.2) is 0 Å². The fraction of sp³-hybridized carbons (Fsp3) is 0.238. The van der Waals surface area contributed by atoms with E-state index >= 15 is 0 Å². The third-order valence-electron chi connectivity index (χ3n) is 4.85. The highest BCUT2D eigenvalue weighted by molar-refractivity contribution is 5.99. The van der Waals surface area contributed by atoms with E-state index in [9.17, 15) is 10.1 Å². The van der Waals surface area contributed by atoms with E-state index in [-0.39, 0.29) is 17.2 Å². The first-order chi connectivity index (χ1) is 12.6. The van der Waals surface area contributed by atoms with Crippen molar-refractivity contribution < 1.29 is 13.9 Å². The van der Waals surface area contributed by atoms with Crippen LogP contribution in [0.5, 0.6) is 0 Å². The van der Waals surface area contributed by atoms with E-state index in [0.717, 1.165) is 17.5 Å². The van der Waals surface area contributed by atoms with Crippen molar-refractivity contribution in [1.29, 1.82) is 5.26 Å². The molecule has 4 rings (SSSR count). The topological polar surface area (TPSA) is 89.3 Å². The number of nitriles is 1. The second kappa shape index (κ2) is 6.23. The van der Waals surface area contributed by atoms with Crippen molar-refractivity contribution in [3.8, 4) is 17.4 Å². The number of carbonyl (C=O) groups is 1. The number of allylic oxidation sites excluding steroid dienone is 3. The van der Waals surface area contributed by atoms with Crippen molar-refractivity contribution in [2.45, 2.75) is 32.1 Å². The van der Waals surface area contributed by atoms with Gasteiger partial charge in [0.05, 0.1) is 5.92 Å². The van der Waals surface area contributed by atoms with Gasteiger partial charge in [-0.15, -0.1) is 0 Å². The summed E-state index contributed by atoms with van der Waals surface area (Å²) >= 11 is 0. The molecule has 2 heterocycles. The van der Waals surface area contributed by atoms with Gasteiger partial charge in [0.2, 0.25) is 5.88 Å². The minimum atomic E-state index is -0.601. The molecule has 1 aromatic carbocycles. The van der Waals surface area contributed by atoms with Crippen LogP contribution < -0.4 is 5.73 Å². The molecule has 1 aliphatic carbocycles. The quantitative estimate of drug-likeness (QED) is 0.885. The molecule has 0 bridgehead atoms. The van der Waals surface area contributed by atoms with Crippen LogP contribution in [0, 0.1) is 18.3 Å². The van der Waals surface area contributed by atoms with E-state index < -0.39 is 5.92 Å². The molecule has 0 spiro atoms. The maximum Gasteiger partial charge on any atom is 0.205 e. The highest BCUT2D eigenvalue weighted by Crippen LogP contribution is 2.44. The molecule has 0 saturated carbocycles. The molecule has 0 fully saturated rings. The number of nitrogens with zero attached hydrogens (tertiary/aromatic N) is 1. The third kappa shape index (κ3) is 2.60. The van der Waals surface area contributed by atoms with Gasteiger partial charge >= 0.3 is 0 Å². The van der Waals surface area contributed by atoms with Gasteiger partial charge in [-0.2, -0.15) is 5.26 Å². The van der Waals surface area contributed by atoms with Gasteiger partial charge in [0, 0.05) is 24.0 Å². The number of furan rings is 1. The average molecular weight is 346 g/mol. The van der Waals surface area contributed by atoms with Crippen molar-refractivity contribution in [2.75, 3.05) is 0 Å². The number of hydrogen-bond donors (Lipinski definition) is 1. The van der Waals surface area contributed by atoms with Crippen molar-refractivity contribution in [1.82, 2.24) is 0 Å². The lowest BCUT2D eigenvalue weighted by atomic mass is 9.80. The molecule has 5 nitrogen and oxygen atoms in total. The summed E-state index contributed by atoms with van der Waals surface area (Å²) in [6.07, 6.45) is 1.82. The monoisotopic (exact) mass is 346 g/mol. The Morgan fingerprint density at radius 3 is 2.65 bits per heavy atom. The summed E-state index contributed by atoms with van der Waals surface area (Å²) in [6, 6.07) is 13.7.